The molecule has 0 saturated heterocycles. The number of hydrogen-bond acceptors (Lipinski definition) is 3. The molecule has 1 aromatic rings. The molecule has 19 heavy (non-hydrogen) atoms. The molecule has 0 bridgehead atoms. The zero-order chi connectivity index (χ0) is 14.6. The zero-order valence-electron chi connectivity index (χ0n) is 11.8. The van der Waals surface area contributed by atoms with Gasteiger partial charge in [-0.25, -0.2) is 0 Å². The normalized spacial score (nSPS) is 10.1. The third-order valence-corrected chi connectivity index (χ3v) is 2.88. The number of carbonyl (C=O) groups is 2. The van der Waals surface area contributed by atoms with E-state index in [9.17, 15) is 14.7 Å². The predicted molar refractivity (Wildman–Crippen MR) is 73.1 cm³/mol. The van der Waals surface area contributed by atoms with E-state index in [0.717, 1.165) is 5.56 Å². The topological polar surface area (TPSA) is 60.9 Å². The first-order valence-corrected chi connectivity index (χ1v) is 6.15. The summed E-state index contributed by atoms with van der Waals surface area (Å²) in [6, 6.07) is 4.87. The van der Waals surface area contributed by atoms with Gasteiger partial charge in [0.1, 0.15) is 5.75 Å². The molecule has 0 aliphatic rings. The third-order valence-electron chi connectivity index (χ3n) is 2.88. The van der Waals surface area contributed by atoms with Crippen molar-refractivity contribution in [3.8, 4) is 5.75 Å². The quantitative estimate of drug-likeness (QED) is 0.890. The Hall–Kier alpha value is -2.04. The summed E-state index contributed by atoms with van der Waals surface area (Å²) in [5.74, 6) is -0.544. The van der Waals surface area contributed by atoms with Crippen LogP contribution in [0.3, 0.4) is 0 Å². The molecule has 0 aromatic heterocycles. The molecule has 1 N–H and O–H groups in total. The van der Waals surface area contributed by atoms with Crippen molar-refractivity contribution in [3.05, 3.63) is 29.3 Å². The minimum Gasteiger partial charge on any atom is -0.507 e. The number of phenolic OH excluding ortho intramolecular Hbond substituents is 1. The lowest BCUT2D eigenvalue weighted by molar-refractivity contribution is -0.129. The van der Waals surface area contributed by atoms with E-state index in [2.05, 4.69) is 0 Å². The van der Waals surface area contributed by atoms with Gasteiger partial charge in [-0.2, -0.15) is 0 Å². The Bertz CT molecular complexity index is 484. The number of phenols is 1. The molecule has 2 amide bonds. The van der Waals surface area contributed by atoms with Crippen molar-refractivity contribution in [1.82, 2.24) is 9.80 Å². The van der Waals surface area contributed by atoms with Crippen LogP contribution in [0.5, 0.6) is 5.75 Å². The van der Waals surface area contributed by atoms with Crippen LogP contribution in [0, 0.1) is 6.92 Å². The smallest absolute Gasteiger partial charge is 0.258 e. The van der Waals surface area contributed by atoms with Crippen LogP contribution in [0.4, 0.5) is 0 Å². The standard InChI is InChI=1S/C14H20N2O3/c1-5-16(9-13(18)15(3)4)14(19)11-7-6-10(2)8-12(11)17/h6-8,17H,5,9H2,1-4H3. The number of amides is 2. The molecule has 0 atom stereocenters. The van der Waals surface area contributed by atoms with Gasteiger partial charge in [-0.1, -0.05) is 6.07 Å². The molecule has 0 radical (unpaired) electrons. The van der Waals surface area contributed by atoms with Crippen LogP contribution < -0.4 is 0 Å². The molecule has 5 heteroatoms. The van der Waals surface area contributed by atoms with E-state index >= 15 is 0 Å². The number of aromatic hydroxyl groups is 1. The Morgan fingerprint density at radius 3 is 2.37 bits per heavy atom. The van der Waals surface area contributed by atoms with Gasteiger partial charge in [0.2, 0.25) is 5.91 Å². The van der Waals surface area contributed by atoms with E-state index in [1.807, 2.05) is 6.92 Å². The summed E-state index contributed by atoms with van der Waals surface area (Å²) in [6.45, 7) is 4.05. The van der Waals surface area contributed by atoms with Crippen molar-refractivity contribution in [1.29, 1.82) is 0 Å². The van der Waals surface area contributed by atoms with Crippen LogP contribution in [-0.2, 0) is 4.79 Å². The highest BCUT2D eigenvalue weighted by molar-refractivity contribution is 5.98. The SMILES string of the molecule is CCN(CC(=O)N(C)C)C(=O)c1ccc(C)cc1O. The highest BCUT2D eigenvalue weighted by atomic mass is 16.3. The average Bonchev–Trinajstić information content (AvgIpc) is 2.34. The van der Waals surface area contributed by atoms with Crippen LogP contribution in [0.25, 0.3) is 0 Å². The van der Waals surface area contributed by atoms with Crippen LogP contribution in [-0.4, -0.2) is 53.9 Å². The number of likely N-dealkylation sites (N-methyl/N-ethyl adjacent to an activating group) is 2. The Labute approximate surface area is 113 Å². The maximum atomic E-state index is 12.3. The predicted octanol–water partition coefficient (Wildman–Crippen LogP) is 1.25. The summed E-state index contributed by atoms with van der Waals surface area (Å²) in [5, 5.41) is 9.81. The highest BCUT2D eigenvalue weighted by Crippen LogP contribution is 2.20. The number of rotatable bonds is 4. The average molecular weight is 264 g/mol. The number of carbonyl (C=O) groups excluding carboxylic acids is 2. The van der Waals surface area contributed by atoms with Crippen molar-refractivity contribution >= 4 is 11.8 Å². The zero-order valence-corrected chi connectivity index (χ0v) is 11.8. The van der Waals surface area contributed by atoms with Gasteiger partial charge in [-0.15, -0.1) is 0 Å². The molecule has 0 saturated carbocycles. The minimum atomic E-state index is -0.338. The van der Waals surface area contributed by atoms with Crippen molar-refractivity contribution in [3.63, 3.8) is 0 Å². The van der Waals surface area contributed by atoms with Crippen molar-refractivity contribution < 1.29 is 14.7 Å². The highest BCUT2D eigenvalue weighted by Gasteiger charge is 2.20. The molecular formula is C14H20N2O3. The largest absolute Gasteiger partial charge is 0.507 e. The fourth-order valence-corrected chi connectivity index (χ4v) is 1.62. The maximum Gasteiger partial charge on any atom is 0.258 e. The molecule has 5 nitrogen and oxygen atoms in total. The summed E-state index contributed by atoms with van der Waals surface area (Å²) >= 11 is 0. The first-order valence-electron chi connectivity index (χ1n) is 6.15. The van der Waals surface area contributed by atoms with Crippen molar-refractivity contribution in [2.45, 2.75) is 13.8 Å². The molecule has 1 rings (SSSR count). The number of hydrogen-bond donors (Lipinski definition) is 1. The Kier molecular flexibility index (Phi) is 4.92. The lowest BCUT2D eigenvalue weighted by Gasteiger charge is -2.22. The first-order chi connectivity index (χ1) is 8.86. The Morgan fingerprint density at radius 1 is 1.26 bits per heavy atom. The van der Waals surface area contributed by atoms with Gasteiger partial charge in [-0.3, -0.25) is 9.59 Å². The Balaban J connectivity index is 2.92. The van der Waals surface area contributed by atoms with E-state index in [1.165, 1.54) is 15.9 Å². The molecule has 1 aromatic carbocycles. The molecule has 104 valence electrons. The second kappa shape index (κ2) is 6.22. The number of benzene rings is 1. The lowest BCUT2D eigenvalue weighted by atomic mass is 10.1. The van der Waals surface area contributed by atoms with Gasteiger partial charge in [0.25, 0.3) is 5.91 Å². The molecule has 0 spiro atoms. The lowest BCUT2D eigenvalue weighted by Crippen LogP contribution is -2.40. The molecule has 0 aliphatic heterocycles. The van der Waals surface area contributed by atoms with Crippen LogP contribution >= 0.6 is 0 Å². The molecule has 0 unspecified atom stereocenters. The van der Waals surface area contributed by atoms with Gasteiger partial charge in [0.15, 0.2) is 0 Å². The van der Waals surface area contributed by atoms with E-state index < -0.39 is 0 Å². The number of nitrogens with zero attached hydrogens (tertiary/aromatic N) is 2. The van der Waals surface area contributed by atoms with Crippen LogP contribution in [0.15, 0.2) is 18.2 Å². The van der Waals surface area contributed by atoms with Gasteiger partial charge < -0.3 is 14.9 Å². The minimum absolute atomic E-state index is 0.00957. The van der Waals surface area contributed by atoms with Gasteiger partial charge in [-0.05, 0) is 31.5 Å². The summed E-state index contributed by atoms with van der Waals surface area (Å²) < 4.78 is 0. The molecule has 0 heterocycles. The number of aryl methyl sites for hydroxylation is 1. The van der Waals surface area contributed by atoms with Crippen molar-refractivity contribution in [2.75, 3.05) is 27.2 Å². The summed E-state index contributed by atoms with van der Waals surface area (Å²) in [6.07, 6.45) is 0. The van der Waals surface area contributed by atoms with Gasteiger partial charge in [0, 0.05) is 20.6 Å². The van der Waals surface area contributed by atoms with Crippen LogP contribution in [0.1, 0.15) is 22.8 Å². The third kappa shape index (κ3) is 3.71. The Morgan fingerprint density at radius 2 is 1.89 bits per heavy atom. The molecular weight excluding hydrogens is 244 g/mol. The van der Waals surface area contributed by atoms with E-state index in [1.54, 1.807) is 33.2 Å². The summed E-state index contributed by atoms with van der Waals surface area (Å²) in [4.78, 5) is 26.8. The van der Waals surface area contributed by atoms with E-state index in [4.69, 9.17) is 0 Å². The maximum absolute atomic E-state index is 12.3. The fourth-order valence-electron chi connectivity index (χ4n) is 1.62. The van der Waals surface area contributed by atoms with Crippen molar-refractivity contribution in [2.24, 2.45) is 0 Å². The second-order valence-electron chi connectivity index (χ2n) is 4.63. The van der Waals surface area contributed by atoms with Gasteiger partial charge >= 0.3 is 0 Å². The van der Waals surface area contributed by atoms with Gasteiger partial charge in [0.05, 0.1) is 12.1 Å². The summed E-state index contributed by atoms with van der Waals surface area (Å²) in [5.41, 5.74) is 1.10. The summed E-state index contributed by atoms with van der Waals surface area (Å²) in [7, 11) is 3.29. The van der Waals surface area contributed by atoms with E-state index in [-0.39, 0.29) is 29.7 Å². The first kappa shape index (κ1) is 15.0. The van der Waals surface area contributed by atoms with Crippen LogP contribution in [0.2, 0.25) is 0 Å². The fraction of sp³-hybridized carbons (Fsp3) is 0.429. The monoisotopic (exact) mass is 264 g/mol. The second-order valence-corrected chi connectivity index (χ2v) is 4.63. The molecule has 0 fully saturated rings. The molecule has 0 aliphatic carbocycles. The van der Waals surface area contributed by atoms with E-state index in [0.29, 0.717) is 6.54 Å².